The molecule has 5 aromatic rings. The van der Waals surface area contributed by atoms with Crippen molar-refractivity contribution in [2.75, 3.05) is 33.4 Å². The van der Waals surface area contributed by atoms with Gasteiger partial charge in [-0.2, -0.15) is 0 Å². The van der Waals surface area contributed by atoms with Crippen molar-refractivity contribution in [1.82, 2.24) is 15.2 Å². The van der Waals surface area contributed by atoms with Gasteiger partial charge in [-0.1, -0.05) is 30.8 Å². The van der Waals surface area contributed by atoms with Gasteiger partial charge in [-0.3, -0.25) is 4.79 Å². The molecule has 7 rings (SSSR count). The Hall–Kier alpha value is -4.37. The van der Waals surface area contributed by atoms with E-state index in [1.54, 1.807) is 24.5 Å². The summed E-state index contributed by atoms with van der Waals surface area (Å²) in [6.07, 6.45) is 3.13. The van der Waals surface area contributed by atoms with Crippen molar-refractivity contribution in [3.63, 3.8) is 0 Å². The Labute approximate surface area is 266 Å². The molecule has 4 heterocycles. The van der Waals surface area contributed by atoms with Gasteiger partial charge in [-0.15, -0.1) is 11.3 Å². The van der Waals surface area contributed by atoms with E-state index in [1.165, 1.54) is 34.9 Å². The largest absolute Gasteiger partial charge is 0.490 e. The van der Waals surface area contributed by atoms with Gasteiger partial charge in [0.25, 0.3) is 0 Å². The lowest BCUT2D eigenvalue weighted by Gasteiger charge is -2.28. The average molecular weight is 620 g/mol. The lowest BCUT2D eigenvalue weighted by atomic mass is 9.91. The third-order valence-corrected chi connectivity index (χ3v) is 9.64. The normalized spacial score (nSPS) is 14.2. The van der Waals surface area contributed by atoms with Crippen LogP contribution in [0.1, 0.15) is 22.3 Å². The second-order valence-electron chi connectivity index (χ2n) is 11.4. The standard InChI is InChI=1S/C37H34FN3O3S/c1-3-33(42)41-14-11-23-4-5-26(19-28(23)22-41)36-34(30-9-8-29(38)20-32(30)44-16-15-43-2)37-31(12-17-45-37)35(40-36)25-6-7-27-21-39-13-10-24(27)18-25/h3-9,12,17-20,39H,1,10-11,13-16,21-22H2,2H3. The van der Waals surface area contributed by atoms with Crippen LogP contribution in [0.15, 0.2) is 78.7 Å². The highest BCUT2D eigenvalue weighted by molar-refractivity contribution is 7.18. The monoisotopic (exact) mass is 619 g/mol. The van der Waals surface area contributed by atoms with Crippen LogP contribution in [0.25, 0.3) is 43.7 Å². The SMILES string of the molecule is C=CC(=O)N1CCc2ccc(-c3nc(-c4ccc5c(c4)CCNC5)c4ccsc4c3-c3ccc(F)cc3OCCOC)cc2C1. The number of carbonyl (C=O) groups is 1. The lowest BCUT2D eigenvalue weighted by molar-refractivity contribution is -0.126. The molecule has 0 fully saturated rings. The van der Waals surface area contributed by atoms with Crippen LogP contribution in [0.4, 0.5) is 4.39 Å². The van der Waals surface area contributed by atoms with Gasteiger partial charge < -0.3 is 19.7 Å². The summed E-state index contributed by atoms with van der Waals surface area (Å²) in [6, 6.07) is 19.9. The number of nitrogens with zero attached hydrogens (tertiary/aromatic N) is 2. The molecule has 0 unspecified atom stereocenters. The summed E-state index contributed by atoms with van der Waals surface area (Å²) in [5.74, 6) is 0.00232. The van der Waals surface area contributed by atoms with Crippen LogP contribution in [-0.2, 0) is 35.5 Å². The van der Waals surface area contributed by atoms with Crippen LogP contribution >= 0.6 is 11.3 Å². The molecule has 0 aliphatic carbocycles. The first-order chi connectivity index (χ1) is 22.0. The summed E-state index contributed by atoms with van der Waals surface area (Å²) in [6.45, 7) is 7.36. The maximum absolute atomic E-state index is 14.6. The summed E-state index contributed by atoms with van der Waals surface area (Å²) in [7, 11) is 1.61. The second kappa shape index (κ2) is 12.6. The molecule has 228 valence electrons. The number of pyridine rings is 1. The predicted octanol–water partition coefficient (Wildman–Crippen LogP) is 7.18. The van der Waals surface area contributed by atoms with E-state index in [1.807, 2.05) is 4.90 Å². The molecule has 0 radical (unpaired) electrons. The highest BCUT2D eigenvalue weighted by atomic mass is 32.1. The molecule has 2 aliphatic rings. The van der Waals surface area contributed by atoms with Crippen molar-refractivity contribution in [1.29, 1.82) is 0 Å². The first-order valence-electron chi connectivity index (χ1n) is 15.2. The molecule has 1 N–H and O–H groups in total. The van der Waals surface area contributed by atoms with E-state index in [9.17, 15) is 9.18 Å². The van der Waals surface area contributed by atoms with E-state index in [2.05, 4.69) is 59.7 Å². The van der Waals surface area contributed by atoms with Crippen molar-refractivity contribution < 1.29 is 18.7 Å². The maximum Gasteiger partial charge on any atom is 0.246 e. The molecule has 8 heteroatoms. The zero-order chi connectivity index (χ0) is 30.9. The fourth-order valence-electron chi connectivity index (χ4n) is 6.41. The third kappa shape index (κ3) is 5.65. The van der Waals surface area contributed by atoms with Gasteiger partial charge in [0.05, 0.1) is 18.0 Å². The highest BCUT2D eigenvalue weighted by Crippen LogP contribution is 2.46. The summed E-state index contributed by atoms with van der Waals surface area (Å²) >= 11 is 1.64. The minimum atomic E-state index is -0.371. The number of amides is 1. The molecule has 3 aromatic carbocycles. The lowest BCUT2D eigenvalue weighted by Crippen LogP contribution is -2.34. The molecular weight excluding hydrogens is 585 g/mol. The van der Waals surface area contributed by atoms with Crippen LogP contribution in [0.5, 0.6) is 5.75 Å². The zero-order valence-corrected chi connectivity index (χ0v) is 26.0. The maximum atomic E-state index is 14.6. The molecular formula is C37H34FN3O3S. The fourth-order valence-corrected chi connectivity index (χ4v) is 7.36. The summed E-state index contributed by atoms with van der Waals surface area (Å²) in [4.78, 5) is 19.8. The Bertz CT molecular complexity index is 1930. The minimum absolute atomic E-state index is 0.0704. The number of methoxy groups -OCH3 is 1. The second-order valence-corrected chi connectivity index (χ2v) is 12.4. The van der Waals surface area contributed by atoms with Crippen molar-refractivity contribution in [3.8, 4) is 39.4 Å². The number of hydrogen-bond acceptors (Lipinski definition) is 6. The number of nitrogens with one attached hydrogen (secondary N) is 1. The van der Waals surface area contributed by atoms with Gasteiger partial charge in [-0.25, -0.2) is 9.37 Å². The number of halogens is 1. The number of fused-ring (bicyclic) bond motifs is 3. The topological polar surface area (TPSA) is 63.7 Å². The summed E-state index contributed by atoms with van der Waals surface area (Å²) < 4.78 is 27.0. The Kier molecular flexibility index (Phi) is 8.19. The summed E-state index contributed by atoms with van der Waals surface area (Å²) in [5, 5.41) is 6.59. The molecule has 1 amide bonds. The zero-order valence-electron chi connectivity index (χ0n) is 25.2. The van der Waals surface area contributed by atoms with E-state index in [4.69, 9.17) is 14.5 Å². The molecule has 0 saturated carbocycles. The van der Waals surface area contributed by atoms with Crippen LogP contribution in [0.2, 0.25) is 0 Å². The Morgan fingerprint density at radius 1 is 1.00 bits per heavy atom. The number of carbonyl (C=O) groups excluding carboxylic acids is 1. The highest BCUT2D eigenvalue weighted by Gasteiger charge is 2.25. The number of benzene rings is 3. The molecule has 2 aliphatic heterocycles. The molecule has 0 spiro atoms. The molecule has 0 atom stereocenters. The Morgan fingerprint density at radius 3 is 2.67 bits per heavy atom. The summed E-state index contributed by atoms with van der Waals surface area (Å²) in [5.41, 5.74) is 10.3. The van der Waals surface area contributed by atoms with Crippen molar-refractivity contribution in [3.05, 3.63) is 107 Å². The molecule has 45 heavy (non-hydrogen) atoms. The Balaban J connectivity index is 1.45. The van der Waals surface area contributed by atoms with Gasteiger partial charge in [0.2, 0.25) is 5.91 Å². The number of rotatable bonds is 8. The van der Waals surface area contributed by atoms with Gasteiger partial charge in [0.1, 0.15) is 18.2 Å². The van der Waals surface area contributed by atoms with Gasteiger partial charge in [-0.05, 0) is 83.4 Å². The van der Waals surface area contributed by atoms with Crippen LogP contribution in [-0.4, -0.2) is 49.2 Å². The van der Waals surface area contributed by atoms with Crippen LogP contribution in [0.3, 0.4) is 0 Å². The average Bonchev–Trinajstić information content (AvgIpc) is 3.57. The van der Waals surface area contributed by atoms with E-state index in [-0.39, 0.29) is 18.3 Å². The quantitative estimate of drug-likeness (QED) is 0.147. The van der Waals surface area contributed by atoms with Crippen molar-refractivity contribution >= 4 is 27.3 Å². The Morgan fingerprint density at radius 2 is 1.82 bits per heavy atom. The molecule has 0 saturated heterocycles. The number of hydrogen-bond donors (Lipinski definition) is 1. The van der Waals surface area contributed by atoms with Gasteiger partial charge >= 0.3 is 0 Å². The first-order valence-corrected chi connectivity index (χ1v) is 16.1. The van der Waals surface area contributed by atoms with E-state index < -0.39 is 0 Å². The number of thiophene rings is 1. The molecule has 6 nitrogen and oxygen atoms in total. The van der Waals surface area contributed by atoms with Crippen LogP contribution < -0.4 is 10.1 Å². The fraction of sp³-hybridized carbons (Fsp3) is 0.243. The van der Waals surface area contributed by atoms with E-state index in [0.29, 0.717) is 25.4 Å². The van der Waals surface area contributed by atoms with E-state index in [0.717, 1.165) is 75.2 Å². The smallest absolute Gasteiger partial charge is 0.246 e. The van der Waals surface area contributed by atoms with Gasteiger partial charge in [0, 0.05) is 65.2 Å². The molecule has 0 bridgehead atoms. The molecule has 2 aromatic heterocycles. The van der Waals surface area contributed by atoms with Gasteiger partial charge in [0.15, 0.2) is 0 Å². The predicted molar refractivity (Wildman–Crippen MR) is 178 cm³/mol. The number of aromatic nitrogens is 1. The van der Waals surface area contributed by atoms with Crippen LogP contribution in [0, 0.1) is 5.82 Å². The van der Waals surface area contributed by atoms with Crippen molar-refractivity contribution in [2.24, 2.45) is 0 Å². The first kappa shape index (κ1) is 29.3. The van der Waals surface area contributed by atoms with E-state index >= 15 is 0 Å². The van der Waals surface area contributed by atoms with Crippen molar-refractivity contribution in [2.45, 2.75) is 25.9 Å². The number of ether oxygens (including phenoxy) is 2. The third-order valence-electron chi connectivity index (χ3n) is 8.71. The minimum Gasteiger partial charge on any atom is -0.490 e.